The van der Waals surface area contributed by atoms with Crippen LogP contribution in [0.25, 0.3) is 0 Å². The number of alkyl halides is 2. The lowest BCUT2D eigenvalue weighted by molar-refractivity contribution is -0.0222. The number of hydrogen-bond acceptors (Lipinski definition) is 4. The van der Waals surface area contributed by atoms with E-state index in [2.05, 4.69) is 25.9 Å². The van der Waals surface area contributed by atoms with Crippen molar-refractivity contribution in [2.45, 2.75) is 18.8 Å². The number of methoxy groups -OCH3 is 1. The molecule has 1 aliphatic rings. The smallest absolute Gasteiger partial charge is 0.257 e. The first kappa shape index (κ1) is 12.5. The van der Waals surface area contributed by atoms with Gasteiger partial charge in [0.15, 0.2) is 5.82 Å². The topological polar surface area (TPSA) is 38.3 Å². The Labute approximate surface area is 106 Å². The third kappa shape index (κ3) is 2.83. The van der Waals surface area contributed by atoms with Gasteiger partial charge >= 0.3 is 0 Å². The van der Waals surface area contributed by atoms with E-state index in [1.54, 1.807) is 4.90 Å². The molecular weight excluding hydrogens is 296 g/mol. The molecule has 1 aromatic rings. The molecule has 4 nitrogen and oxygen atoms in total. The Kier molecular flexibility index (Phi) is 3.46. The molecule has 0 amide bonds. The zero-order chi connectivity index (χ0) is 12.5. The molecule has 0 aromatic carbocycles. The van der Waals surface area contributed by atoms with Gasteiger partial charge in [0.1, 0.15) is 4.60 Å². The number of rotatable bonds is 2. The molecule has 0 N–H and O–H groups in total. The van der Waals surface area contributed by atoms with Crippen LogP contribution in [0.5, 0.6) is 5.88 Å². The second-order valence-corrected chi connectivity index (χ2v) is 4.68. The quantitative estimate of drug-likeness (QED) is 0.841. The molecule has 1 saturated heterocycles. The molecule has 0 radical (unpaired) electrons. The molecule has 2 rings (SSSR count). The van der Waals surface area contributed by atoms with Gasteiger partial charge in [-0.3, -0.25) is 0 Å². The fourth-order valence-corrected chi connectivity index (χ4v) is 2.01. The second-order valence-electron chi connectivity index (χ2n) is 3.87. The number of piperidine rings is 1. The van der Waals surface area contributed by atoms with Crippen molar-refractivity contribution >= 4 is 21.7 Å². The van der Waals surface area contributed by atoms with E-state index in [4.69, 9.17) is 4.74 Å². The molecule has 7 heteroatoms. The van der Waals surface area contributed by atoms with E-state index < -0.39 is 5.92 Å². The van der Waals surface area contributed by atoms with E-state index in [1.165, 1.54) is 13.3 Å². The SMILES string of the molecule is COc1ncc(Br)nc1N1CCC(F)(F)CC1. The van der Waals surface area contributed by atoms with Crippen LogP contribution in [0, 0.1) is 0 Å². The summed E-state index contributed by atoms with van der Waals surface area (Å²) in [5, 5.41) is 0. The maximum atomic E-state index is 13.1. The molecule has 0 unspecified atom stereocenters. The van der Waals surface area contributed by atoms with Crippen LogP contribution in [0.4, 0.5) is 14.6 Å². The molecule has 0 spiro atoms. The monoisotopic (exact) mass is 307 g/mol. The van der Waals surface area contributed by atoms with E-state index in [0.717, 1.165) is 0 Å². The molecule has 17 heavy (non-hydrogen) atoms. The molecule has 0 aliphatic carbocycles. The molecule has 1 aromatic heterocycles. The summed E-state index contributed by atoms with van der Waals surface area (Å²) in [6, 6.07) is 0. The first-order chi connectivity index (χ1) is 8.02. The van der Waals surface area contributed by atoms with Crippen LogP contribution in [0.3, 0.4) is 0 Å². The number of aromatic nitrogens is 2. The van der Waals surface area contributed by atoms with Crippen LogP contribution >= 0.6 is 15.9 Å². The van der Waals surface area contributed by atoms with E-state index in [0.29, 0.717) is 16.3 Å². The Bertz CT molecular complexity index is 407. The molecule has 0 atom stereocenters. The lowest BCUT2D eigenvalue weighted by atomic mass is 10.1. The van der Waals surface area contributed by atoms with E-state index in [-0.39, 0.29) is 25.9 Å². The lowest BCUT2D eigenvalue weighted by Crippen LogP contribution is -2.40. The summed E-state index contributed by atoms with van der Waals surface area (Å²) in [5.41, 5.74) is 0. The highest BCUT2D eigenvalue weighted by molar-refractivity contribution is 9.10. The number of nitrogens with zero attached hydrogens (tertiary/aromatic N) is 3. The van der Waals surface area contributed by atoms with Gasteiger partial charge in [-0.1, -0.05) is 0 Å². The highest BCUT2D eigenvalue weighted by Crippen LogP contribution is 2.33. The maximum Gasteiger partial charge on any atom is 0.257 e. The van der Waals surface area contributed by atoms with Gasteiger partial charge < -0.3 is 9.64 Å². The predicted octanol–water partition coefficient (Wildman–Crippen LogP) is 2.48. The minimum atomic E-state index is -2.57. The van der Waals surface area contributed by atoms with Gasteiger partial charge in [0, 0.05) is 25.9 Å². The van der Waals surface area contributed by atoms with Gasteiger partial charge in [-0.2, -0.15) is 0 Å². The van der Waals surface area contributed by atoms with Crippen molar-refractivity contribution in [2.24, 2.45) is 0 Å². The zero-order valence-electron chi connectivity index (χ0n) is 9.29. The molecule has 1 aliphatic heterocycles. The minimum absolute atomic E-state index is 0.162. The summed E-state index contributed by atoms with van der Waals surface area (Å²) in [5.74, 6) is -1.70. The third-order valence-electron chi connectivity index (χ3n) is 2.68. The summed E-state index contributed by atoms with van der Waals surface area (Å²) >= 11 is 3.21. The highest BCUT2D eigenvalue weighted by atomic mass is 79.9. The summed E-state index contributed by atoms with van der Waals surface area (Å²) < 4.78 is 31.7. The van der Waals surface area contributed by atoms with Gasteiger partial charge in [0.05, 0.1) is 13.3 Å². The van der Waals surface area contributed by atoms with Gasteiger partial charge in [0.2, 0.25) is 0 Å². The Hall–Kier alpha value is -0.980. The van der Waals surface area contributed by atoms with Crippen LogP contribution in [-0.2, 0) is 0 Å². The fourth-order valence-electron chi connectivity index (χ4n) is 1.74. The largest absolute Gasteiger partial charge is 0.478 e. The number of ether oxygens (including phenoxy) is 1. The first-order valence-corrected chi connectivity index (χ1v) is 6.00. The Morgan fingerprint density at radius 3 is 2.65 bits per heavy atom. The summed E-state index contributed by atoms with van der Waals surface area (Å²) in [6.45, 7) is 0.517. The van der Waals surface area contributed by atoms with Crippen LogP contribution < -0.4 is 9.64 Å². The summed E-state index contributed by atoms with van der Waals surface area (Å²) in [4.78, 5) is 10.0. The average Bonchev–Trinajstić information content (AvgIpc) is 2.29. The van der Waals surface area contributed by atoms with Gasteiger partial charge in [-0.15, -0.1) is 0 Å². The number of anilines is 1. The van der Waals surface area contributed by atoms with E-state index in [9.17, 15) is 8.78 Å². The molecule has 94 valence electrons. The number of hydrogen-bond donors (Lipinski definition) is 0. The normalized spacial score (nSPS) is 19.2. The lowest BCUT2D eigenvalue weighted by Gasteiger charge is -2.32. The van der Waals surface area contributed by atoms with Crippen molar-refractivity contribution in [1.82, 2.24) is 9.97 Å². The van der Waals surface area contributed by atoms with Crippen molar-refractivity contribution in [2.75, 3.05) is 25.1 Å². The van der Waals surface area contributed by atoms with Gasteiger partial charge in [0.25, 0.3) is 11.8 Å². The van der Waals surface area contributed by atoms with Crippen molar-refractivity contribution in [3.8, 4) is 5.88 Å². The van der Waals surface area contributed by atoms with Gasteiger partial charge in [-0.25, -0.2) is 18.7 Å². The van der Waals surface area contributed by atoms with Gasteiger partial charge in [-0.05, 0) is 15.9 Å². The molecule has 2 heterocycles. The minimum Gasteiger partial charge on any atom is -0.478 e. The average molecular weight is 308 g/mol. The molecule has 1 fully saturated rings. The zero-order valence-corrected chi connectivity index (χ0v) is 10.9. The summed E-state index contributed by atoms with van der Waals surface area (Å²) in [6.07, 6.45) is 1.19. The van der Waals surface area contributed by atoms with Crippen LogP contribution in [0.1, 0.15) is 12.8 Å². The van der Waals surface area contributed by atoms with Crippen LogP contribution in [0.2, 0.25) is 0 Å². The van der Waals surface area contributed by atoms with E-state index in [1.807, 2.05) is 0 Å². The fraction of sp³-hybridized carbons (Fsp3) is 0.600. The van der Waals surface area contributed by atoms with Crippen molar-refractivity contribution in [3.63, 3.8) is 0 Å². The second kappa shape index (κ2) is 4.72. The standard InChI is InChI=1S/C10H12BrF2N3O/c1-17-9-8(15-7(11)6-14-9)16-4-2-10(12,13)3-5-16/h6H,2-5H2,1H3. The third-order valence-corrected chi connectivity index (χ3v) is 3.06. The molecular formula is C10H12BrF2N3O. The van der Waals surface area contributed by atoms with Crippen molar-refractivity contribution in [3.05, 3.63) is 10.8 Å². The Balaban J connectivity index is 2.20. The van der Waals surface area contributed by atoms with Crippen LogP contribution in [0.15, 0.2) is 10.8 Å². The Morgan fingerprint density at radius 1 is 1.41 bits per heavy atom. The predicted molar refractivity (Wildman–Crippen MR) is 62.7 cm³/mol. The van der Waals surface area contributed by atoms with E-state index >= 15 is 0 Å². The summed E-state index contributed by atoms with van der Waals surface area (Å²) in [7, 11) is 1.49. The number of halogens is 3. The highest BCUT2D eigenvalue weighted by Gasteiger charge is 2.35. The van der Waals surface area contributed by atoms with Crippen molar-refractivity contribution in [1.29, 1.82) is 0 Å². The maximum absolute atomic E-state index is 13.1. The molecule has 0 saturated carbocycles. The van der Waals surface area contributed by atoms with Crippen LogP contribution in [-0.4, -0.2) is 36.1 Å². The van der Waals surface area contributed by atoms with Crippen molar-refractivity contribution < 1.29 is 13.5 Å². The molecule has 0 bridgehead atoms. The first-order valence-electron chi connectivity index (χ1n) is 5.21. The Morgan fingerprint density at radius 2 is 2.06 bits per heavy atom.